The number of ketones is 1. The number of oxime groups is 1. The van der Waals surface area contributed by atoms with Crippen LogP contribution in [0.1, 0.15) is 31.8 Å². The average Bonchev–Trinajstić information content (AvgIpc) is 3.02. The van der Waals surface area contributed by atoms with Crippen molar-refractivity contribution in [2.75, 3.05) is 0 Å². The molecule has 5 heteroatoms. The van der Waals surface area contributed by atoms with Crippen LogP contribution >= 0.6 is 0 Å². The fourth-order valence-corrected chi connectivity index (χ4v) is 3.12. The second-order valence-electron chi connectivity index (χ2n) is 5.90. The zero-order chi connectivity index (χ0) is 18.8. The molecule has 0 spiro atoms. The maximum atomic E-state index is 12.6. The molecule has 0 saturated carbocycles. The van der Waals surface area contributed by atoms with Crippen molar-refractivity contribution < 1.29 is 14.4 Å². The maximum Gasteiger partial charge on any atom is 0.366 e. The summed E-state index contributed by atoms with van der Waals surface area (Å²) in [5, 5.41) is 13.0. The van der Waals surface area contributed by atoms with Crippen LogP contribution in [0.2, 0.25) is 0 Å². The van der Waals surface area contributed by atoms with Gasteiger partial charge in [0.25, 0.3) is 0 Å². The molecule has 3 aromatic rings. The molecule has 4 rings (SSSR count). The molecule has 5 nitrogen and oxygen atoms in total. The monoisotopic (exact) mass is 352 g/mol. The minimum atomic E-state index is -0.722. The Hall–Kier alpha value is -4.04. The quantitative estimate of drug-likeness (QED) is 0.317. The number of carbonyl (C=O) groups excluding carboxylic acids is 2. The van der Waals surface area contributed by atoms with Crippen molar-refractivity contribution in [1.82, 2.24) is 0 Å². The van der Waals surface area contributed by atoms with Gasteiger partial charge in [-0.3, -0.25) is 4.79 Å². The van der Waals surface area contributed by atoms with E-state index in [9.17, 15) is 14.9 Å². The van der Waals surface area contributed by atoms with Crippen LogP contribution < -0.4 is 0 Å². The number of hydrogen-bond acceptors (Lipinski definition) is 5. The van der Waals surface area contributed by atoms with Crippen LogP contribution in [-0.4, -0.2) is 17.5 Å². The number of rotatable bonds is 3. The van der Waals surface area contributed by atoms with Gasteiger partial charge < -0.3 is 4.84 Å². The largest absolute Gasteiger partial charge is 0.366 e. The Kier molecular flexibility index (Phi) is 4.07. The smallest absolute Gasteiger partial charge is 0.311 e. The molecule has 1 aliphatic carbocycles. The van der Waals surface area contributed by atoms with Crippen LogP contribution in [0.4, 0.5) is 0 Å². The molecule has 3 aromatic carbocycles. The summed E-state index contributed by atoms with van der Waals surface area (Å²) in [7, 11) is 0. The molecule has 0 fully saturated rings. The van der Waals surface area contributed by atoms with Crippen molar-refractivity contribution in [1.29, 1.82) is 5.26 Å². The summed E-state index contributed by atoms with van der Waals surface area (Å²) in [4.78, 5) is 30.2. The Bertz CT molecular complexity index is 1140. The highest BCUT2D eigenvalue weighted by Gasteiger charge is 2.30. The number of benzene rings is 3. The molecule has 0 amide bonds. The van der Waals surface area contributed by atoms with Gasteiger partial charge in [-0.25, -0.2) is 4.79 Å². The number of nitrogens with zero attached hydrogens (tertiary/aromatic N) is 2. The van der Waals surface area contributed by atoms with E-state index in [1.54, 1.807) is 60.7 Å². The van der Waals surface area contributed by atoms with E-state index in [0.29, 0.717) is 27.8 Å². The fraction of sp³-hybridized carbons (Fsp3) is 0. The zero-order valence-electron chi connectivity index (χ0n) is 14.0. The molecule has 0 aliphatic heterocycles. The molecular formula is C22H12N2O3. The van der Waals surface area contributed by atoms with Gasteiger partial charge in [0.1, 0.15) is 6.07 Å². The highest BCUT2D eigenvalue weighted by Crippen LogP contribution is 2.38. The van der Waals surface area contributed by atoms with Crippen molar-refractivity contribution in [2.45, 2.75) is 0 Å². The predicted molar refractivity (Wildman–Crippen MR) is 99.3 cm³/mol. The Labute approximate surface area is 155 Å². The van der Waals surface area contributed by atoms with E-state index < -0.39 is 5.97 Å². The van der Waals surface area contributed by atoms with Crippen LogP contribution in [0.25, 0.3) is 11.1 Å². The van der Waals surface area contributed by atoms with Gasteiger partial charge in [0.2, 0.25) is 0 Å². The van der Waals surface area contributed by atoms with Crippen LogP contribution in [0.5, 0.6) is 0 Å². The third-order valence-corrected chi connectivity index (χ3v) is 4.34. The lowest BCUT2D eigenvalue weighted by atomic mass is 10.00. The highest BCUT2D eigenvalue weighted by atomic mass is 16.7. The van der Waals surface area contributed by atoms with Gasteiger partial charge in [-0.15, -0.1) is 0 Å². The first-order valence-electron chi connectivity index (χ1n) is 8.22. The molecular weight excluding hydrogens is 340 g/mol. The molecule has 0 heterocycles. The van der Waals surface area contributed by atoms with E-state index in [4.69, 9.17) is 4.84 Å². The van der Waals surface area contributed by atoms with E-state index in [-0.39, 0.29) is 17.1 Å². The molecule has 0 aromatic heterocycles. The van der Waals surface area contributed by atoms with Crippen LogP contribution in [-0.2, 0) is 4.84 Å². The normalized spacial score (nSPS) is 12.1. The first-order valence-corrected chi connectivity index (χ1v) is 8.22. The third-order valence-electron chi connectivity index (χ3n) is 4.34. The Morgan fingerprint density at radius 3 is 2.26 bits per heavy atom. The second kappa shape index (κ2) is 6.70. The minimum absolute atomic E-state index is 0.00648. The average molecular weight is 352 g/mol. The number of carbonyl (C=O) groups is 2. The lowest BCUT2D eigenvalue weighted by Crippen LogP contribution is -2.07. The van der Waals surface area contributed by atoms with Crippen LogP contribution in [0.3, 0.4) is 0 Å². The first-order chi connectivity index (χ1) is 13.2. The molecule has 0 saturated heterocycles. The number of hydrogen-bond donors (Lipinski definition) is 0. The van der Waals surface area contributed by atoms with Gasteiger partial charge in [0.15, 0.2) is 11.5 Å². The molecule has 0 N–H and O–H groups in total. The highest BCUT2D eigenvalue weighted by molar-refractivity contribution is 6.24. The zero-order valence-corrected chi connectivity index (χ0v) is 14.0. The van der Waals surface area contributed by atoms with Crippen molar-refractivity contribution >= 4 is 17.5 Å². The predicted octanol–water partition coefficient (Wildman–Crippen LogP) is 3.98. The van der Waals surface area contributed by atoms with Crippen LogP contribution in [0, 0.1) is 11.3 Å². The van der Waals surface area contributed by atoms with Crippen molar-refractivity contribution in [3.63, 3.8) is 0 Å². The molecule has 27 heavy (non-hydrogen) atoms. The van der Waals surface area contributed by atoms with Crippen molar-refractivity contribution in [3.8, 4) is 17.2 Å². The molecule has 128 valence electrons. The van der Waals surface area contributed by atoms with Gasteiger partial charge in [-0.2, -0.15) is 5.26 Å². The lowest BCUT2D eigenvalue weighted by Gasteiger charge is -2.06. The van der Waals surface area contributed by atoms with Gasteiger partial charge in [0, 0.05) is 22.3 Å². The van der Waals surface area contributed by atoms with E-state index in [2.05, 4.69) is 5.16 Å². The standard InChI is InChI=1S/C22H12N2O3/c23-13-19(14-7-2-1-3-8-14)24-27-22(26)18-12-6-11-17-20(18)15-9-4-5-10-16(15)21(17)25/h1-12H/b24-19+. The first kappa shape index (κ1) is 16.4. The number of fused-ring (bicyclic) bond motifs is 3. The lowest BCUT2D eigenvalue weighted by molar-refractivity contribution is 0.0518. The minimum Gasteiger partial charge on any atom is -0.311 e. The Balaban J connectivity index is 1.71. The molecule has 0 bridgehead atoms. The second-order valence-corrected chi connectivity index (χ2v) is 5.90. The van der Waals surface area contributed by atoms with Gasteiger partial charge in [-0.05, 0) is 11.6 Å². The summed E-state index contributed by atoms with van der Waals surface area (Å²) in [6.07, 6.45) is 0. The molecule has 0 unspecified atom stereocenters. The molecule has 1 aliphatic rings. The third kappa shape index (κ3) is 2.79. The summed E-state index contributed by atoms with van der Waals surface area (Å²) < 4.78 is 0. The molecule has 0 radical (unpaired) electrons. The van der Waals surface area contributed by atoms with Gasteiger partial charge in [-0.1, -0.05) is 71.9 Å². The maximum absolute atomic E-state index is 12.6. The molecule has 0 atom stereocenters. The van der Waals surface area contributed by atoms with E-state index in [0.717, 1.165) is 0 Å². The van der Waals surface area contributed by atoms with Gasteiger partial charge >= 0.3 is 5.97 Å². The number of nitriles is 1. The van der Waals surface area contributed by atoms with Crippen LogP contribution in [0.15, 0.2) is 78.0 Å². The summed E-state index contributed by atoms with van der Waals surface area (Å²) in [5.74, 6) is -0.846. The van der Waals surface area contributed by atoms with E-state index >= 15 is 0 Å². The van der Waals surface area contributed by atoms with E-state index in [1.165, 1.54) is 0 Å². The summed E-state index contributed by atoms with van der Waals surface area (Å²) in [5.41, 5.74) is 3.02. The summed E-state index contributed by atoms with van der Waals surface area (Å²) in [6, 6.07) is 22.7. The SMILES string of the molecule is N#C/C(=N\OC(=O)c1cccc2c1-c1ccccc1C2=O)c1ccccc1. The summed E-state index contributed by atoms with van der Waals surface area (Å²) >= 11 is 0. The van der Waals surface area contributed by atoms with Gasteiger partial charge in [0.05, 0.1) is 5.56 Å². The van der Waals surface area contributed by atoms with Crippen molar-refractivity contribution in [2.24, 2.45) is 5.16 Å². The topological polar surface area (TPSA) is 79.5 Å². The summed E-state index contributed by atoms with van der Waals surface area (Å²) in [6.45, 7) is 0. The Morgan fingerprint density at radius 2 is 1.52 bits per heavy atom. The van der Waals surface area contributed by atoms with Crippen molar-refractivity contribution in [3.05, 3.63) is 95.1 Å². The van der Waals surface area contributed by atoms with E-state index in [1.807, 2.05) is 18.2 Å². The fourth-order valence-electron chi connectivity index (χ4n) is 3.12. The Morgan fingerprint density at radius 1 is 0.852 bits per heavy atom.